The molecule has 118 valence electrons. The zero-order chi connectivity index (χ0) is 16.1. The highest BCUT2D eigenvalue weighted by Crippen LogP contribution is 2.21. The maximum Gasteiger partial charge on any atom is 0.326 e. The number of carbonyl (C=O) groups excluding carboxylic acids is 1. The molecule has 1 heterocycles. The van der Waals surface area contributed by atoms with Crippen molar-refractivity contribution >= 4 is 17.8 Å². The van der Waals surface area contributed by atoms with E-state index in [1.54, 1.807) is 0 Å². The van der Waals surface area contributed by atoms with E-state index in [-0.39, 0.29) is 12.8 Å². The van der Waals surface area contributed by atoms with E-state index in [1.807, 2.05) is 30.3 Å². The minimum Gasteiger partial charge on any atom is -0.481 e. The van der Waals surface area contributed by atoms with Gasteiger partial charge in [-0.05, 0) is 24.8 Å². The maximum absolute atomic E-state index is 12.3. The number of amides is 1. The van der Waals surface area contributed by atoms with Gasteiger partial charge in [-0.25, -0.2) is 4.79 Å². The topological polar surface area (TPSA) is 94.9 Å². The Morgan fingerprint density at radius 3 is 2.45 bits per heavy atom. The summed E-state index contributed by atoms with van der Waals surface area (Å²) in [5.41, 5.74) is 0.846. The standard InChI is InChI=1S/C16H19NO5/c18-14(17-8-4-7-13(17)16(21)22)10-12(15(19)20)9-11-5-2-1-3-6-11/h1-3,5-6,12-13H,4,7-10H2,(H,19,20)(H,21,22)/t12?,13-/m0/s1. The summed E-state index contributed by atoms with van der Waals surface area (Å²) in [7, 11) is 0. The van der Waals surface area contributed by atoms with Crippen molar-refractivity contribution in [1.29, 1.82) is 0 Å². The second-order valence-corrected chi connectivity index (χ2v) is 5.51. The average Bonchev–Trinajstić information content (AvgIpc) is 2.97. The molecule has 2 atom stereocenters. The molecule has 1 aromatic carbocycles. The lowest BCUT2D eigenvalue weighted by atomic mass is 9.95. The lowest BCUT2D eigenvalue weighted by Gasteiger charge is -2.23. The number of nitrogens with zero attached hydrogens (tertiary/aromatic N) is 1. The number of carboxylic acids is 2. The second-order valence-electron chi connectivity index (χ2n) is 5.51. The summed E-state index contributed by atoms with van der Waals surface area (Å²) in [6.07, 6.45) is 1.15. The summed E-state index contributed by atoms with van der Waals surface area (Å²) < 4.78 is 0. The van der Waals surface area contributed by atoms with Gasteiger partial charge < -0.3 is 15.1 Å². The van der Waals surface area contributed by atoms with E-state index in [0.29, 0.717) is 19.4 Å². The molecule has 0 spiro atoms. The largest absolute Gasteiger partial charge is 0.481 e. The molecule has 6 nitrogen and oxygen atoms in total. The normalized spacial score (nSPS) is 18.9. The summed E-state index contributed by atoms with van der Waals surface area (Å²) in [6.45, 7) is 0.382. The van der Waals surface area contributed by atoms with Crippen molar-refractivity contribution in [3.8, 4) is 0 Å². The Hall–Kier alpha value is -2.37. The first-order valence-corrected chi connectivity index (χ1v) is 7.28. The van der Waals surface area contributed by atoms with Gasteiger partial charge in [0.25, 0.3) is 0 Å². The quantitative estimate of drug-likeness (QED) is 0.828. The third-order valence-corrected chi connectivity index (χ3v) is 3.95. The predicted octanol–water partition coefficient (Wildman–Crippen LogP) is 1.40. The highest BCUT2D eigenvalue weighted by atomic mass is 16.4. The van der Waals surface area contributed by atoms with Crippen molar-refractivity contribution in [2.75, 3.05) is 6.54 Å². The van der Waals surface area contributed by atoms with E-state index < -0.39 is 29.8 Å². The van der Waals surface area contributed by atoms with E-state index in [4.69, 9.17) is 5.11 Å². The molecule has 1 unspecified atom stereocenters. The molecular formula is C16H19NO5. The summed E-state index contributed by atoms with van der Waals surface area (Å²) in [6, 6.07) is 8.28. The summed E-state index contributed by atoms with van der Waals surface area (Å²) in [5, 5.41) is 18.4. The fraction of sp³-hybridized carbons (Fsp3) is 0.438. The number of likely N-dealkylation sites (tertiary alicyclic amines) is 1. The fourth-order valence-corrected chi connectivity index (χ4v) is 2.80. The zero-order valence-corrected chi connectivity index (χ0v) is 12.1. The Kier molecular flexibility index (Phi) is 5.14. The van der Waals surface area contributed by atoms with Crippen molar-refractivity contribution in [1.82, 2.24) is 4.90 Å². The van der Waals surface area contributed by atoms with Crippen molar-refractivity contribution in [2.45, 2.75) is 31.7 Å². The van der Waals surface area contributed by atoms with Crippen LogP contribution in [0.2, 0.25) is 0 Å². The second kappa shape index (κ2) is 7.06. The molecule has 1 aromatic rings. The van der Waals surface area contributed by atoms with Crippen LogP contribution in [0.3, 0.4) is 0 Å². The molecule has 1 aliphatic rings. The van der Waals surface area contributed by atoms with E-state index in [2.05, 4.69) is 0 Å². The Bertz CT molecular complexity index is 557. The molecule has 0 radical (unpaired) electrons. The molecule has 2 rings (SSSR count). The Labute approximate surface area is 128 Å². The first-order valence-electron chi connectivity index (χ1n) is 7.28. The van der Waals surface area contributed by atoms with Crippen LogP contribution in [0, 0.1) is 5.92 Å². The smallest absolute Gasteiger partial charge is 0.326 e. The molecule has 6 heteroatoms. The maximum atomic E-state index is 12.3. The van der Waals surface area contributed by atoms with Crippen LogP contribution in [-0.2, 0) is 20.8 Å². The monoisotopic (exact) mass is 305 g/mol. The Balaban J connectivity index is 2.03. The van der Waals surface area contributed by atoms with Gasteiger partial charge in [0.15, 0.2) is 0 Å². The van der Waals surface area contributed by atoms with Crippen LogP contribution in [0.5, 0.6) is 0 Å². The van der Waals surface area contributed by atoms with Gasteiger partial charge in [0.05, 0.1) is 5.92 Å². The number of rotatable bonds is 6. The number of carboxylic acid groups (broad SMARTS) is 2. The zero-order valence-electron chi connectivity index (χ0n) is 12.1. The Morgan fingerprint density at radius 2 is 1.86 bits per heavy atom. The van der Waals surface area contributed by atoms with E-state index in [9.17, 15) is 19.5 Å². The molecule has 0 aliphatic carbocycles. The van der Waals surface area contributed by atoms with Crippen LogP contribution in [0.1, 0.15) is 24.8 Å². The van der Waals surface area contributed by atoms with Crippen LogP contribution < -0.4 is 0 Å². The first-order chi connectivity index (χ1) is 10.5. The molecule has 0 saturated carbocycles. The van der Waals surface area contributed by atoms with Crippen molar-refractivity contribution in [3.63, 3.8) is 0 Å². The van der Waals surface area contributed by atoms with E-state index in [1.165, 1.54) is 4.90 Å². The first kappa shape index (κ1) is 16.0. The van der Waals surface area contributed by atoms with Crippen LogP contribution in [-0.4, -0.2) is 45.5 Å². The lowest BCUT2D eigenvalue weighted by Crippen LogP contribution is -2.41. The minimum absolute atomic E-state index is 0.173. The molecule has 2 N–H and O–H groups in total. The van der Waals surface area contributed by atoms with Crippen LogP contribution in [0.15, 0.2) is 30.3 Å². The van der Waals surface area contributed by atoms with Gasteiger partial charge in [-0.1, -0.05) is 30.3 Å². The highest BCUT2D eigenvalue weighted by Gasteiger charge is 2.35. The third-order valence-electron chi connectivity index (χ3n) is 3.95. The number of aliphatic carboxylic acids is 2. The molecule has 22 heavy (non-hydrogen) atoms. The Morgan fingerprint density at radius 1 is 1.18 bits per heavy atom. The number of benzene rings is 1. The molecule has 0 bridgehead atoms. The predicted molar refractivity (Wildman–Crippen MR) is 78.3 cm³/mol. The van der Waals surface area contributed by atoms with Gasteiger partial charge in [-0.3, -0.25) is 9.59 Å². The number of carbonyl (C=O) groups is 3. The fourth-order valence-electron chi connectivity index (χ4n) is 2.80. The molecule has 0 aromatic heterocycles. The van der Waals surface area contributed by atoms with Gasteiger partial charge in [-0.15, -0.1) is 0 Å². The summed E-state index contributed by atoms with van der Waals surface area (Å²) in [4.78, 5) is 36.1. The number of hydrogen-bond donors (Lipinski definition) is 2. The van der Waals surface area contributed by atoms with E-state index >= 15 is 0 Å². The SMILES string of the molecule is O=C(O)C(CC(=O)N1CCC[C@H]1C(=O)O)Cc1ccccc1. The average molecular weight is 305 g/mol. The lowest BCUT2D eigenvalue weighted by molar-refractivity contribution is -0.150. The molecule has 1 amide bonds. The highest BCUT2D eigenvalue weighted by molar-refractivity contribution is 5.87. The van der Waals surface area contributed by atoms with Gasteiger partial charge in [-0.2, -0.15) is 0 Å². The van der Waals surface area contributed by atoms with Crippen LogP contribution in [0.25, 0.3) is 0 Å². The van der Waals surface area contributed by atoms with Crippen molar-refractivity contribution in [2.24, 2.45) is 5.92 Å². The van der Waals surface area contributed by atoms with Gasteiger partial charge in [0.2, 0.25) is 5.91 Å². The van der Waals surface area contributed by atoms with Gasteiger partial charge >= 0.3 is 11.9 Å². The van der Waals surface area contributed by atoms with Gasteiger partial charge in [0.1, 0.15) is 6.04 Å². The van der Waals surface area contributed by atoms with E-state index in [0.717, 1.165) is 5.56 Å². The summed E-state index contributed by atoms with van der Waals surface area (Å²) in [5.74, 6) is -3.30. The van der Waals surface area contributed by atoms with Crippen LogP contribution in [0.4, 0.5) is 0 Å². The molecule has 1 aliphatic heterocycles. The summed E-state index contributed by atoms with van der Waals surface area (Å²) >= 11 is 0. The third kappa shape index (κ3) is 3.84. The van der Waals surface area contributed by atoms with Crippen LogP contribution >= 0.6 is 0 Å². The van der Waals surface area contributed by atoms with Crippen molar-refractivity contribution in [3.05, 3.63) is 35.9 Å². The minimum atomic E-state index is -1.04. The van der Waals surface area contributed by atoms with Gasteiger partial charge in [0, 0.05) is 13.0 Å². The molecule has 1 saturated heterocycles. The molecule has 1 fully saturated rings. The number of hydrogen-bond acceptors (Lipinski definition) is 3. The molecular weight excluding hydrogens is 286 g/mol. The van der Waals surface area contributed by atoms with Crippen molar-refractivity contribution < 1.29 is 24.6 Å².